The predicted molar refractivity (Wildman–Crippen MR) is 113 cm³/mol. The van der Waals surface area contributed by atoms with Crippen molar-refractivity contribution in [1.82, 2.24) is 15.6 Å². The molecule has 1 saturated heterocycles. The summed E-state index contributed by atoms with van der Waals surface area (Å²) < 4.78 is 5.58. The molecule has 0 spiro atoms. The van der Waals surface area contributed by atoms with Crippen molar-refractivity contribution in [3.05, 3.63) is 23.9 Å². The van der Waals surface area contributed by atoms with Crippen molar-refractivity contribution in [3.63, 3.8) is 0 Å². The fourth-order valence-electron chi connectivity index (χ4n) is 3.14. The van der Waals surface area contributed by atoms with E-state index in [0.29, 0.717) is 0 Å². The number of aliphatic imine (C=N–C) groups is 1. The maximum atomic E-state index is 5.58. The molecule has 0 amide bonds. The highest BCUT2D eigenvalue weighted by molar-refractivity contribution is 5.79. The van der Waals surface area contributed by atoms with Crippen molar-refractivity contribution in [1.29, 1.82) is 0 Å². The Labute approximate surface area is 164 Å². The van der Waals surface area contributed by atoms with Crippen molar-refractivity contribution < 1.29 is 4.74 Å². The molecule has 1 aliphatic rings. The van der Waals surface area contributed by atoms with Gasteiger partial charge in [0.1, 0.15) is 5.82 Å². The lowest BCUT2D eigenvalue weighted by molar-refractivity contribution is 0.129. The molecule has 0 aliphatic carbocycles. The highest BCUT2D eigenvalue weighted by Gasteiger charge is 2.10. The normalized spacial score (nSPS) is 15.5. The number of pyridine rings is 1. The van der Waals surface area contributed by atoms with Gasteiger partial charge in [-0.3, -0.25) is 4.99 Å². The van der Waals surface area contributed by atoms with E-state index in [0.717, 1.165) is 64.0 Å². The molecule has 1 fully saturated rings. The first-order valence-electron chi connectivity index (χ1n) is 10.6. The maximum absolute atomic E-state index is 5.58. The second-order valence-electron chi connectivity index (χ2n) is 7.10. The van der Waals surface area contributed by atoms with Crippen LogP contribution in [0.2, 0.25) is 0 Å². The number of rotatable bonds is 10. The second kappa shape index (κ2) is 13.4. The van der Waals surface area contributed by atoms with Gasteiger partial charge < -0.3 is 20.3 Å². The van der Waals surface area contributed by atoms with E-state index in [1.807, 2.05) is 6.20 Å². The van der Waals surface area contributed by atoms with Crippen molar-refractivity contribution in [3.8, 4) is 0 Å². The zero-order chi connectivity index (χ0) is 19.2. The molecule has 2 heterocycles. The predicted octanol–water partition coefficient (Wildman–Crippen LogP) is 3.33. The zero-order valence-corrected chi connectivity index (χ0v) is 17.2. The summed E-state index contributed by atoms with van der Waals surface area (Å²) in [4.78, 5) is 11.4. The standard InChI is InChI=1S/C21H37N5O/c1-3-4-15-27-16-9-12-23-21(22-2)25-18-19-10-11-20(24-17-19)26-13-7-5-6-8-14-26/h10-11,17H,3-9,12-16,18H2,1-2H3,(H2,22,23,25). The lowest BCUT2D eigenvalue weighted by Gasteiger charge is -2.21. The highest BCUT2D eigenvalue weighted by atomic mass is 16.5. The van der Waals surface area contributed by atoms with E-state index in [2.05, 4.69) is 44.6 Å². The molecule has 0 bridgehead atoms. The van der Waals surface area contributed by atoms with E-state index in [-0.39, 0.29) is 0 Å². The van der Waals surface area contributed by atoms with Gasteiger partial charge in [0, 0.05) is 52.6 Å². The van der Waals surface area contributed by atoms with E-state index in [4.69, 9.17) is 4.74 Å². The third-order valence-corrected chi connectivity index (χ3v) is 4.82. The molecule has 27 heavy (non-hydrogen) atoms. The summed E-state index contributed by atoms with van der Waals surface area (Å²) in [5, 5.41) is 6.68. The summed E-state index contributed by atoms with van der Waals surface area (Å²) in [6.45, 7) is 7.68. The first-order chi connectivity index (χ1) is 13.3. The molecule has 0 unspecified atom stereocenters. The molecule has 152 valence electrons. The van der Waals surface area contributed by atoms with Crippen LogP contribution in [0.25, 0.3) is 0 Å². The number of hydrogen-bond donors (Lipinski definition) is 2. The molecule has 1 aliphatic heterocycles. The Morgan fingerprint density at radius 2 is 1.89 bits per heavy atom. The number of anilines is 1. The van der Waals surface area contributed by atoms with Crippen LogP contribution in [-0.2, 0) is 11.3 Å². The summed E-state index contributed by atoms with van der Waals surface area (Å²) in [6, 6.07) is 4.31. The molecule has 2 N–H and O–H groups in total. The molecular formula is C21H37N5O. The fourth-order valence-corrected chi connectivity index (χ4v) is 3.14. The second-order valence-corrected chi connectivity index (χ2v) is 7.10. The Hall–Kier alpha value is -1.82. The van der Waals surface area contributed by atoms with Crippen LogP contribution in [0.15, 0.2) is 23.3 Å². The minimum Gasteiger partial charge on any atom is -0.381 e. The van der Waals surface area contributed by atoms with E-state index >= 15 is 0 Å². The van der Waals surface area contributed by atoms with E-state index in [9.17, 15) is 0 Å². The third kappa shape index (κ3) is 8.61. The van der Waals surface area contributed by atoms with E-state index in [1.54, 1.807) is 7.05 Å². The van der Waals surface area contributed by atoms with Crippen molar-refractivity contribution in [2.45, 2.75) is 58.4 Å². The van der Waals surface area contributed by atoms with Gasteiger partial charge >= 0.3 is 0 Å². The van der Waals surface area contributed by atoms with Gasteiger partial charge in [-0.1, -0.05) is 32.3 Å². The van der Waals surface area contributed by atoms with E-state index < -0.39 is 0 Å². The number of unbranched alkanes of at least 4 members (excludes halogenated alkanes) is 1. The third-order valence-electron chi connectivity index (χ3n) is 4.82. The maximum Gasteiger partial charge on any atom is 0.191 e. The highest BCUT2D eigenvalue weighted by Crippen LogP contribution is 2.17. The van der Waals surface area contributed by atoms with Gasteiger partial charge in [-0.15, -0.1) is 0 Å². The smallest absolute Gasteiger partial charge is 0.191 e. The van der Waals surface area contributed by atoms with Crippen LogP contribution in [0.5, 0.6) is 0 Å². The molecule has 6 nitrogen and oxygen atoms in total. The lowest BCUT2D eigenvalue weighted by atomic mass is 10.2. The van der Waals surface area contributed by atoms with Gasteiger partial charge in [-0.05, 0) is 37.3 Å². The number of hydrogen-bond acceptors (Lipinski definition) is 4. The first kappa shape index (κ1) is 21.5. The van der Waals surface area contributed by atoms with Gasteiger partial charge in [-0.2, -0.15) is 0 Å². The van der Waals surface area contributed by atoms with Crippen LogP contribution in [0, 0.1) is 0 Å². The molecule has 6 heteroatoms. The fraction of sp³-hybridized carbons (Fsp3) is 0.714. The Bertz CT molecular complexity index is 524. The van der Waals surface area contributed by atoms with Gasteiger partial charge in [-0.25, -0.2) is 4.98 Å². The van der Waals surface area contributed by atoms with Crippen LogP contribution in [0.4, 0.5) is 5.82 Å². The van der Waals surface area contributed by atoms with Gasteiger partial charge in [0.2, 0.25) is 0 Å². The molecular weight excluding hydrogens is 338 g/mol. The molecule has 0 aromatic carbocycles. The monoisotopic (exact) mass is 375 g/mol. The quantitative estimate of drug-likeness (QED) is 0.373. The average molecular weight is 376 g/mol. The number of nitrogens with zero attached hydrogens (tertiary/aromatic N) is 3. The summed E-state index contributed by atoms with van der Waals surface area (Å²) in [5.41, 5.74) is 1.17. The average Bonchev–Trinajstić information content (AvgIpc) is 2.99. The Morgan fingerprint density at radius 3 is 2.56 bits per heavy atom. The van der Waals surface area contributed by atoms with Crippen LogP contribution in [-0.4, -0.2) is 50.8 Å². The van der Waals surface area contributed by atoms with Gasteiger partial charge in [0.25, 0.3) is 0 Å². The summed E-state index contributed by atoms with van der Waals surface area (Å²) in [7, 11) is 1.80. The van der Waals surface area contributed by atoms with Crippen LogP contribution in [0.3, 0.4) is 0 Å². The molecule has 0 radical (unpaired) electrons. The minimum atomic E-state index is 0.722. The minimum absolute atomic E-state index is 0.722. The number of guanidine groups is 1. The Morgan fingerprint density at radius 1 is 1.11 bits per heavy atom. The molecule has 1 aromatic heterocycles. The SMILES string of the molecule is CCCCOCCCNC(=NC)NCc1ccc(N2CCCCCC2)nc1. The largest absolute Gasteiger partial charge is 0.381 e. The van der Waals surface area contributed by atoms with Crippen LogP contribution < -0.4 is 15.5 Å². The summed E-state index contributed by atoms with van der Waals surface area (Å²) >= 11 is 0. The first-order valence-corrected chi connectivity index (χ1v) is 10.6. The summed E-state index contributed by atoms with van der Waals surface area (Å²) in [5.74, 6) is 1.92. The lowest BCUT2D eigenvalue weighted by Crippen LogP contribution is -2.37. The molecule has 2 rings (SSSR count). The van der Waals surface area contributed by atoms with Crippen molar-refractivity contribution in [2.75, 3.05) is 44.8 Å². The number of aromatic nitrogens is 1. The summed E-state index contributed by atoms with van der Waals surface area (Å²) in [6.07, 6.45) is 10.5. The van der Waals surface area contributed by atoms with Crippen LogP contribution in [0.1, 0.15) is 57.4 Å². The Kier molecular flexibility index (Phi) is 10.6. The van der Waals surface area contributed by atoms with Crippen molar-refractivity contribution >= 4 is 11.8 Å². The molecule has 0 saturated carbocycles. The van der Waals surface area contributed by atoms with Crippen LogP contribution >= 0.6 is 0 Å². The van der Waals surface area contributed by atoms with E-state index in [1.165, 1.54) is 37.7 Å². The number of nitrogens with one attached hydrogen (secondary N) is 2. The topological polar surface area (TPSA) is 61.8 Å². The molecule has 0 atom stereocenters. The zero-order valence-electron chi connectivity index (χ0n) is 17.2. The number of ether oxygens (including phenoxy) is 1. The Balaban J connectivity index is 1.66. The van der Waals surface area contributed by atoms with Crippen molar-refractivity contribution in [2.24, 2.45) is 4.99 Å². The van der Waals surface area contributed by atoms with Gasteiger partial charge in [0.15, 0.2) is 5.96 Å². The molecule has 1 aromatic rings. The van der Waals surface area contributed by atoms with Gasteiger partial charge in [0.05, 0.1) is 0 Å².